The van der Waals surface area contributed by atoms with Crippen molar-refractivity contribution >= 4 is 38.7 Å². The molecule has 5 nitrogen and oxygen atoms in total. The SMILES string of the molecule is CCc1ccc2nc(N3CCN(C(=O)/C=C/c4ccc(OC)cc4)CC3)sc2c1. The molecule has 2 heterocycles. The molecule has 1 aromatic heterocycles. The van der Waals surface area contributed by atoms with E-state index in [1.165, 1.54) is 10.3 Å². The number of carbonyl (C=O) groups excluding carboxylic acids is 1. The predicted octanol–water partition coefficient (Wildman–Crippen LogP) is 4.23. The maximum atomic E-state index is 12.5. The van der Waals surface area contributed by atoms with E-state index in [2.05, 4.69) is 30.0 Å². The molecule has 0 bridgehead atoms. The summed E-state index contributed by atoms with van der Waals surface area (Å²) >= 11 is 1.74. The zero-order valence-corrected chi connectivity index (χ0v) is 17.6. The molecule has 1 amide bonds. The molecule has 0 N–H and O–H groups in total. The van der Waals surface area contributed by atoms with Gasteiger partial charge in [-0.05, 0) is 47.9 Å². The summed E-state index contributed by atoms with van der Waals surface area (Å²) < 4.78 is 6.40. The van der Waals surface area contributed by atoms with E-state index in [4.69, 9.17) is 9.72 Å². The molecule has 150 valence electrons. The van der Waals surface area contributed by atoms with Gasteiger partial charge in [0.1, 0.15) is 5.75 Å². The van der Waals surface area contributed by atoms with Crippen LogP contribution in [-0.2, 0) is 11.2 Å². The first-order valence-electron chi connectivity index (χ1n) is 9.91. The van der Waals surface area contributed by atoms with Gasteiger partial charge < -0.3 is 14.5 Å². The van der Waals surface area contributed by atoms with Crippen molar-refractivity contribution in [3.05, 3.63) is 59.7 Å². The Morgan fingerprint density at radius 1 is 1.14 bits per heavy atom. The summed E-state index contributed by atoms with van der Waals surface area (Å²) in [7, 11) is 1.64. The van der Waals surface area contributed by atoms with Crippen LogP contribution in [0.3, 0.4) is 0 Å². The number of hydrogen-bond donors (Lipinski definition) is 0. The van der Waals surface area contributed by atoms with Gasteiger partial charge in [-0.3, -0.25) is 4.79 Å². The molecule has 1 aliphatic heterocycles. The number of carbonyl (C=O) groups is 1. The highest BCUT2D eigenvalue weighted by Crippen LogP contribution is 2.30. The number of aryl methyl sites for hydroxylation is 1. The van der Waals surface area contributed by atoms with E-state index < -0.39 is 0 Å². The Hall–Kier alpha value is -2.86. The average molecular weight is 408 g/mol. The average Bonchev–Trinajstić information content (AvgIpc) is 3.21. The second kappa shape index (κ2) is 8.66. The van der Waals surface area contributed by atoms with Crippen LogP contribution in [0.4, 0.5) is 5.13 Å². The van der Waals surface area contributed by atoms with E-state index in [-0.39, 0.29) is 5.91 Å². The lowest BCUT2D eigenvalue weighted by Crippen LogP contribution is -2.48. The van der Waals surface area contributed by atoms with Crippen LogP contribution in [0.1, 0.15) is 18.1 Å². The Labute approximate surface area is 175 Å². The minimum Gasteiger partial charge on any atom is -0.497 e. The lowest BCUT2D eigenvalue weighted by Gasteiger charge is -2.34. The zero-order chi connectivity index (χ0) is 20.2. The Balaban J connectivity index is 1.36. The molecule has 0 saturated carbocycles. The number of amides is 1. The normalized spacial score (nSPS) is 14.7. The van der Waals surface area contributed by atoms with Gasteiger partial charge >= 0.3 is 0 Å². The van der Waals surface area contributed by atoms with Gasteiger partial charge in [0.25, 0.3) is 0 Å². The summed E-state index contributed by atoms with van der Waals surface area (Å²) in [6, 6.07) is 14.2. The number of hydrogen-bond acceptors (Lipinski definition) is 5. The number of methoxy groups -OCH3 is 1. The van der Waals surface area contributed by atoms with Gasteiger partial charge in [-0.1, -0.05) is 36.5 Å². The fraction of sp³-hybridized carbons (Fsp3) is 0.304. The fourth-order valence-electron chi connectivity index (χ4n) is 3.42. The number of anilines is 1. The quantitative estimate of drug-likeness (QED) is 0.594. The summed E-state index contributed by atoms with van der Waals surface area (Å²) in [6.45, 7) is 5.21. The van der Waals surface area contributed by atoms with Gasteiger partial charge in [0, 0.05) is 32.3 Å². The Morgan fingerprint density at radius 2 is 1.90 bits per heavy atom. The van der Waals surface area contributed by atoms with Crippen molar-refractivity contribution in [2.75, 3.05) is 38.2 Å². The number of nitrogens with zero attached hydrogens (tertiary/aromatic N) is 3. The summed E-state index contributed by atoms with van der Waals surface area (Å²) in [6.07, 6.45) is 4.54. The van der Waals surface area contributed by atoms with Crippen molar-refractivity contribution in [3.63, 3.8) is 0 Å². The third-order valence-corrected chi connectivity index (χ3v) is 6.32. The molecule has 29 heavy (non-hydrogen) atoms. The monoisotopic (exact) mass is 407 g/mol. The van der Waals surface area contributed by atoms with Crippen LogP contribution in [0.5, 0.6) is 5.75 Å². The molecule has 0 aliphatic carbocycles. The molecule has 4 rings (SSSR count). The number of thiazole rings is 1. The van der Waals surface area contributed by atoms with Crippen LogP contribution < -0.4 is 9.64 Å². The van der Waals surface area contributed by atoms with E-state index in [0.29, 0.717) is 13.1 Å². The highest BCUT2D eigenvalue weighted by Gasteiger charge is 2.22. The van der Waals surface area contributed by atoms with Crippen molar-refractivity contribution < 1.29 is 9.53 Å². The third kappa shape index (κ3) is 4.43. The maximum Gasteiger partial charge on any atom is 0.246 e. The van der Waals surface area contributed by atoms with Crippen molar-refractivity contribution in [2.45, 2.75) is 13.3 Å². The Kier molecular flexibility index (Phi) is 5.81. The van der Waals surface area contributed by atoms with Crippen LogP contribution in [0.25, 0.3) is 16.3 Å². The van der Waals surface area contributed by atoms with Gasteiger partial charge in [-0.2, -0.15) is 0 Å². The van der Waals surface area contributed by atoms with E-state index in [1.807, 2.05) is 35.2 Å². The molecular formula is C23H25N3O2S. The Morgan fingerprint density at radius 3 is 2.59 bits per heavy atom. The number of rotatable bonds is 5. The third-order valence-electron chi connectivity index (χ3n) is 5.25. The number of benzene rings is 2. The molecule has 0 unspecified atom stereocenters. The number of ether oxygens (including phenoxy) is 1. The molecule has 0 atom stereocenters. The lowest BCUT2D eigenvalue weighted by atomic mass is 10.2. The van der Waals surface area contributed by atoms with Crippen molar-refractivity contribution in [1.29, 1.82) is 0 Å². The highest BCUT2D eigenvalue weighted by molar-refractivity contribution is 7.22. The van der Waals surface area contributed by atoms with Crippen LogP contribution in [0, 0.1) is 0 Å². The van der Waals surface area contributed by atoms with Gasteiger partial charge in [-0.15, -0.1) is 0 Å². The molecule has 2 aromatic carbocycles. The van der Waals surface area contributed by atoms with Gasteiger partial charge in [0.05, 0.1) is 17.3 Å². The van der Waals surface area contributed by atoms with Crippen molar-refractivity contribution in [1.82, 2.24) is 9.88 Å². The maximum absolute atomic E-state index is 12.5. The first-order valence-corrected chi connectivity index (χ1v) is 10.7. The molecule has 1 fully saturated rings. The first kappa shape index (κ1) is 19.5. The second-order valence-electron chi connectivity index (χ2n) is 7.07. The largest absolute Gasteiger partial charge is 0.497 e. The standard InChI is InChI=1S/C23H25N3O2S/c1-3-17-6-10-20-21(16-17)29-23(24-20)26-14-12-25(13-15-26)22(27)11-7-18-4-8-19(28-2)9-5-18/h4-11,16H,3,12-15H2,1-2H3/b11-7+. The lowest BCUT2D eigenvalue weighted by molar-refractivity contribution is -0.126. The molecule has 0 spiro atoms. The van der Waals surface area contributed by atoms with E-state index in [0.717, 1.165) is 41.5 Å². The van der Waals surface area contributed by atoms with Gasteiger partial charge in [0.15, 0.2) is 5.13 Å². The number of aromatic nitrogens is 1. The van der Waals surface area contributed by atoms with Crippen LogP contribution in [-0.4, -0.2) is 49.1 Å². The summed E-state index contributed by atoms with van der Waals surface area (Å²) in [5.41, 5.74) is 3.38. The van der Waals surface area contributed by atoms with Crippen molar-refractivity contribution in [3.8, 4) is 5.75 Å². The predicted molar refractivity (Wildman–Crippen MR) is 120 cm³/mol. The number of fused-ring (bicyclic) bond motifs is 1. The van der Waals surface area contributed by atoms with Crippen LogP contribution >= 0.6 is 11.3 Å². The summed E-state index contributed by atoms with van der Waals surface area (Å²) in [4.78, 5) is 21.5. The number of piperazine rings is 1. The van der Waals surface area contributed by atoms with E-state index in [1.54, 1.807) is 24.5 Å². The van der Waals surface area contributed by atoms with Crippen LogP contribution in [0.15, 0.2) is 48.5 Å². The van der Waals surface area contributed by atoms with Crippen molar-refractivity contribution in [2.24, 2.45) is 0 Å². The minimum absolute atomic E-state index is 0.0531. The van der Waals surface area contributed by atoms with E-state index in [9.17, 15) is 4.79 Å². The van der Waals surface area contributed by atoms with E-state index >= 15 is 0 Å². The van der Waals surface area contributed by atoms with Gasteiger partial charge in [0.2, 0.25) is 5.91 Å². The van der Waals surface area contributed by atoms with Crippen LogP contribution in [0.2, 0.25) is 0 Å². The Bertz CT molecular complexity index is 1020. The molecule has 3 aromatic rings. The second-order valence-corrected chi connectivity index (χ2v) is 8.08. The topological polar surface area (TPSA) is 45.7 Å². The minimum atomic E-state index is 0.0531. The molecule has 1 aliphatic rings. The first-order chi connectivity index (χ1) is 14.2. The molecule has 1 saturated heterocycles. The summed E-state index contributed by atoms with van der Waals surface area (Å²) in [5.74, 6) is 0.864. The molecule has 0 radical (unpaired) electrons. The smallest absolute Gasteiger partial charge is 0.246 e. The summed E-state index contributed by atoms with van der Waals surface area (Å²) in [5, 5.41) is 1.05. The molecule has 6 heteroatoms. The van der Waals surface area contributed by atoms with Gasteiger partial charge in [-0.25, -0.2) is 4.98 Å². The highest BCUT2D eigenvalue weighted by atomic mass is 32.1. The zero-order valence-electron chi connectivity index (χ0n) is 16.8. The fourth-order valence-corrected chi connectivity index (χ4v) is 4.50. The molecular weight excluding hydrogens is 382 g/mol.